The van der Waals surface area contributed by atoms with Gasteiger partial charge in [0.1, 0.15) is 5.75 Å². The summed E-state index contributed by atoms with van der Waals surface area (Å²) in [4.78, 5) is 10.2. The molecule has 0 amide bonds. The molecule has 0 aromatic heterocycles. The fraction of sp³-hybridized carbons (Fsp3) is 0.364. The molecule has 14 heavy (non-hydrogen) atoms. The van der Waals surface area contributed by atoms with Crippen LogP contribution in [0.15, 0.2) is 24.3 Å². The number of hydrogen-bond acceptors (Lipinski definition) is 2. The Morgan fingerprint density at radius 2 is 2.00 bits per heavy atom. The van der Waals surface area contributed by atoms with Gasteiger partial charge in [-0.25, -0.2) is 0 Å². The van der Waals surface area contributed by atoms with Crippen molar-refractivity contribution in [3.8, 4) is 5.75 Å². The largest absolute Gasteiger partial charge is 0.494 e. The zero-order chi connectivity index (χ0) is 10.4. The quantitative estimate of drug-likeness (QED) is 0.731. The molecule has 3 nitrogen and oxygen atoms in total. The van der Waals surface area contributed by atoms with Crippen LogP contribution < -0.4 is 4.74 Å². The minimum Gasteiger partial charge on any atom is -0.494 e. The highest BCUT2D eigenvalue weighted by molar-refractivity contribution is 5.66. The molecule has 0 bridgehead atoms. The van der Waals surface area contributed by atoms with Gasteiger partial charge in [-0.2, -0.15) is 0 Å². The van der Waals surface area contributed by atoms with E-state index in [0.29, 0.717) is 13.0 Å². The van der Waals surface area contributed by atoms with Crippen LogP contribution in [0.2, 0.25) is 0 Å². The van der Waals surface area contributed by atoms with Crippen LogP contribution >= 0.6 is 0 Å². The number of ether oxygens (including phenoxy) is 1. The highest BCUT2D eigenvalue weighted by Crippen LogP contribution is 2.11. The van der Waals surface area contributed by atoms with Gasteiger partial charge in [0.2, 0.25) is 0 Å². The van der Waals surface area contributed by atoms with E-state index < -0.39 is 5.97 Å². The Labute approximate surface area is 83.3 Å². The zero-order valence-corrected chi connectivity index (χ0v) is 8.19. The number of carbonyl (C=O) groups is 1. The lowest BCUT2D eigenvalue weighted by molar-refractivity contribution is -0.137. The average molecular weight is 194 g/mol. The zero-order valence-electron chi connectivity index (χ0n) is 8.19. The molecule has 76 valence electrons. The highest BCUT2D eigenvalue weighted by Gasteiger charge is 1.97. The van der Waals surface area contributed by atoms with Gasteiger partial charge in [0.25, 0.3) is 0 Å². The Morgan fingerprint density at radius 1 is 1.36 bits per heavy atom. The van der Waals surface area contributed by atoms with Crippen molar-refractivity contribution < 1.29 is 14.6 Å². The first-order valence-corrected chi connectivity index (χ1v) is 4.60. The van der Waals surface area contributed by atoms with Gasteiger partial charge in [-0.1, -0.05) is 17.7 Å². The molecule has 0 fully saturated rings. The number of carboxylic acid groups (broad SMARTS) is 1. The first kappa shape index (κ1) is 10.6. The van der Waals surface area contributed by atoms with Crippen molar-refractivity contribution in [3.63, 3.8) is 0 Å². The lowest BCUT2D eigenvalue weighted by Gasteiger charge is -2.04. The predicted molar refractivity (Wildman–Crippen MR) is 53.5 cm³/mol. The number of benzene rings is 1. The van der Waals surface area contributed by atoms with E-state index in [-0.39, 0.29) is 6.42 Å². The van der Waals surface area contributed by atoms with Gasteiger partial charge >= 0.3 is 5.97 Å². The Bertz CT molecular complexity index is 290. The molecule has 0 heterocycles. The Balaban J connectivity index is 2.25. The van der Waals surface area contributed by atoms with Crippen molar-refractivity contribution in [2.45, 2.75) is 19.8 Å². The van der Waals surface area contributed by atoms with E-state index in [0.717, 1.165) is 5.75 Å². The summed E-state index contributed by atoms with van der Waals surface area (Å²) in [5.41, 5.74) is 1.18. The van der Waals surface area contributed by atoms with E-state index in [1.165, 1.54) is 5.56 Å². The van der Waals surface area contributed by atoms with Crippen LogP contribution in [0.4, 0.5) is 0 Å². The SMILES string of the molecule is Cc1ccc(OCCCC(=O)O)cc1. The second-order valence-corrected chi connectivity index (χ2v) is 3.16. The van der Waals surface area contributed by atoms with Crippen molar-refractivity contribution in [2.75, 3.05) is 6.61 Å². The minimum absolute atomic E-state index is 0.159. The maximum absolute atomic E-state index is 10.2. The van der Waals surface area contributed by atoms with E-state index in [1.54, 1.807) is 0 Å². The van der Waals surface area contributed by atoms with E-state index in [1.807, 2.05) is 31.2 Å². The lowest BCUT2D eigenvalue weighted by atomic mass is 10.2. The Kier molecular flexibility index (Phi) is 3.98. The summed E-state index contributed by atoms with van der Waals surface area (Å²) < 4.78 is 5.35. The van der Waals surface area contributed by atoms with Gasteiger partial charge < -0.3 is 9.84 Å². The smallest absolute Gasteiger partial charge is 0.303 e. The van der Waals surface area contributed by atoms with Crippen LogP contribution in [-0.2, 0) is 4.79 Å². The summed E-state index contributed by atoms with van der Waals surface area (Å²) in [7, 11) is 0. The molecule has 3 heteroatoms. The summed E-state index contributed by atoms with van der Waals surface area (Å²) in [6.45, 7) is 2.46. The molecular weight excluding hydrogens is 180 g/mol. The topological polar surface area (TPSA) is 46.5 Å². The minimum atomic E-state index is -0.780. The molecule has 0 spiro atoms. The van der Waals surface area contributed by atoms with Crippen molar-refractivity contribution in [2.24, 2.45) is 0 Å². The van der Waals surface area contributed by atoms with Gasteiger partial charge in [0.15, 0.2) is 0 Å². The van der Waals surface area contributed by atoms with Gasteiger partial charge in [0.05, 0.1) is 6.61 Å². The highest BCUT2D eigenvalue weighted by atomic mass is 16.5. The summed E-state index contributed by atoms with van der Waals surface area (Å²) in [6, 6.07) is 7.70. The Morgan fingerprint density at radius 3 is 2.57 bits per heavy atom. The molecule has 0 saturated heterocycles. The number of rotatable bonds is 5. The predicted octanol–water partition coefficient (Wildman–Crippen LogP) is 2.24. The summed E-state index contributed by atoms with van der Waals surface area (Å²) >= 11 is 0. The number of aryl methyl sites for hydroxylation is 1. The number of aliphatic carboxylic acids is 1. The molecule has 1 aromatic carbocycles. The van der Waals surface area contributed by atoms with Crippen LogP contribution in [-0.4, -0.2) is 17.7 Å². The molecule has 0 aliphatic rings. The third-order valence-corrected chi connectivity index (χ3v) is 1.82. The van der Waals surface area contributed by atoms with Gasteiger partial charge in [-0.05, 0) is 25.5 Å². The fourth-order valence-electron chi connectivity index (χ4n) is 1.05. The summed E-state index contributed by atoms with van der Waals surface area (Å²) in [6.07, 6.45) is 0.703. The van der Waals surface area contributed by atoms with Crippen LogP contribution in [0.1, 0.15) is 18.4 Å². The molecule has 0 unspecified atom stereocenters. The molecule has 0 saturated carbocycles. The summed E-state index contributed by atoms with van der Waals surface area (Å²) in [5, 5.41) is 8.39. The van der Waals surface area contributed by atoms with Gasteiger partial charge in [0, 0.05) is 6.42 Å². The maximum atomic E-state index is 10.2. The van der Waals surface area contributed by atoms with Gasteiger partial charge in [-0.3, -0.25) is 4.79 Å². The monoisotopic (exact) mass is 194 g/mol. The first-order chi connectivity index (χ1) is 6.68. The van der Waals surface area contributed by atoms with Crippen molar-refractivity contribution in [1.29, 1.82) is 0 Å². The summed E-state index contributed by atoms with van der Waals surface area (Å²) in [5.74, 6) is 0.0125. The fourth-order valence-corrected chi connectivity index (χ4v) is 1.05. The number of hydrogen-bond donors (Lipinski definition) is 1. The van der Waals surface area contributed by atoms with Crippen LogP contribution in [0.25, 0.3) is 0 Å². The lowest BCUT2D eigenvalue weighted by Crippen LogP contribution is -2.01. The molecule has 1 aromatic rings. The van der Waals surface area contributed by atoms with E-state index in [4.69, 9.17) is 9.84 Å². The second kappa shape index (κ2) is 5.27. The van der Waals surface area contributed by atoms with Crippen LogP contribution in [0, 0.1) is 6.92 Å². The molecule has 0 aliphatic carbocycles. The first-order valence-electron chi connectivity index (χ1n) is 4.60. The van der Waals surface area contributed by atoms with Crippen molar-refractivity contribution in [3.05, 3.63) is 29.8 Å². The number of carboxylic acids is 1. The normalized spacial score (nSPS) is 9.79. The third kappa shape index (κ3) is 3.94. The van der Waals surface area contributed by atoms with Crippen LogP contribution in [0.3, 0.4) is 0 Å². The third-order valence-electron chi connectivity index (χ3n) is 1.82. The molecule has 1 N–H and O–H groups in total. The average Bonchev–Trinajstić information content (AvgIpc) is 2.15. The van der Waals surface area contributed by atoms with Crippen LogP contribution in [0.5, 0.6) is 5.75 Å². The second-order valence-electron chi connectivity index (χ2n) is 3.16. The Hall–Kier alpha value is -1.51. The van der Waals surface area contributed by atoms with Gasteiger partial charge in [-0.15, -0.1) is 0 Å². The molecular formula is C11H14O3. The van der Waals surface area contributed by atoms with Crippen molar-refractivity contribution >= 4 is 5.97 Å². The van der Waals surface area contributed by atoms with E-state index >= 15 is 0 Å². The van der Waals surface area contributed by atoms with E-state index in [9.17, 15) is 4.79 Å². The van der Waals surface area contributed by atoms with Crippen molar-refractivity contribution in [1.82, 2.24) is 0 Å². The standard InChI is InChI=1S/C11H14O3/c1-9-4-6-10(7-5-9)14-8-2-3-11(12)13/h4-7H,2-3,8H2,1H3,(H,12,13). The molecule has 1 rings (SSSR count). The molecule has 0 atom stereocenters. The molecule has 0 aliphatic heterocycles. The maximum Gasteiger partial charge on any atom is 0.303 e. The van der Waals surface area contributed by atoms with E-state index in [2.05, 4.69) is 0 Å². The molecule has 0 radical (unpaired) electrons.